The van der Waals surface area contributed by atoms with Crippen molar-refractivity contribution in [2.24, 2.45) is 0 Å². The number of benzene rings is 1. The van der Waals surface area contributed by atoms with Crippen molar-refractivity contribution in [3.05, 3.63) is 41.5 Å². The molecule has 0 N–H and O–H groups in total. The van der Waals surface area contributed by atoms with E-state index in [9.17, 15) is 9.59 Å². The van der Waals surface area contributed by atoms with E-state index in [-0.39, 0.29) is 5.76 Å². The van der Waals surface area contributed by atoms with Crippen LogP contribution >= 0.6 is 0 Å². The number of hydrogen-bond acceptors (Lipinski definition) is 4. The van der Waals surface area contributed by atoms with E-state index in [2.05, 4.69) is 4.98 Å². The van der Waals surface area contributed by atoms with Crippen molar-refractivity contribution < 1.29 is 14.0 Å². The Bertz CT molecular complexity index is 640. The Hall–Kier alpha value is -2.23. The highest BCUT2D eigenvalue weighted by Gasteiger charge is 2.34. The van der Waals surface area contributed by atoms with E-state index in [0.29, 0.717) is 29.1 Å². The minimum Gasteiger partial charge on any atom is -0.436 e. The van der Waals surface area contributed by atoms with E-state index in [1.54, 1.807) is 18.2 Å². The summed E-state index contributed by atoms with van der Waals surface area (Å²) in [7, 11) is 0. The molecule has 1 aromatic heterocycles. The first kappa shape index (κ1) is 9.96. The SMILES string of the molecule is CCc1nc2c(o1)C(=O)C(=O)c1ccccc1-2. The lowest BCUT2D eigenvalue weighted by atomic mass is 9.91. The second kappa shape index (κ2) is 3.38. The van der Waals surface area contributed by atoms with Crippen molar-refractivity contribution in [3.8, 4) is 11.3 Å². The number of hydrogen-bond donors (Lipinski definition) is 0. The Morgan fingerprint density at radius 2 is 1.82 bits per heavy atom. The number of fused-ring (bicyclic) bond motifs is 3. The van der Waals surface area contributed by atoms with Gasteiger partial charge in [-0.25, -0.2) is 4.98 Å². The Morgan fingerprint density at radius 1 is 1.12 bits per heavy atom. The summed E-state index contributed by atoms with van der Waals surface area (Å²) in [5, 5.41) is 0. The van der Waals surface area contributed by atoms with Crippen LogP contribution in [0, 0.1) is 0 Å². The smallest absolute Gasteiger partial charge is 0.271 e. The van der Waals surface area contributed by atoms with E-state index in [1.807, 2.05) is 13.0 Å². The molecular formula is C13H9NO3. The number of Topliss-reactive ketones (excluding diaryl/α,β-unsaturated/α-hetero) is 2. The lowest BCUT2D eigenvalue weighted by Crippen LogP contribution is -2.20. The molecule has 0 saturated carbocycles. The van der Waals surface area contributed by atoms with Gasteiger partial charge < -0.3 is 4.42 Å². The largest absolute Gasteiger partial charge is 0.436 e. The van der Waals surface area contributed by atoms with Crippen LogP contribution in [-0.2, 0) is 6.42 Å². The third kappa shape index (κ3) is 1.27. The van der Waals surface area contributed by atoms with Crippen LogP contribution in [0.1, 0.15) is 33.7 Å². The summed E-state index contributed by atoms with van der Waals surface area (Å²) >= 11 is 0. The second-order valence-corrected chi connectivity index (χ2v) is 3.84. The van der Waals surface area contributed by atoms with Gasteiger partial charge in [0, 0.05) is 17.5 Å². The van der Waals surface area contributed by atoms with Gasteiger partial charge in [-0.05, 0) is 0 Å². The minimum atomic E-state index is -0.606. The first-order valence-corrected chi connectivity index (χ1v) is 5.40. The van der Waals surface area contributed by atoms with Gasteiger partial charge in [0.25, 0.3) is 5.78 Å². The van der Waals surface area contributed by atoms with Gasteiger partial charge >= 0.3 is 0 Å². The second-order valence-electron chi connectivity index (χ2n) is 3.84. The van der Waals surface area contributed by atoms with Crippen molar-refractivity contribution in [1.29, 1.82) is 0 Å². The molecule has 0 radical (unpaired) electrons. The molecular weight excluding hydrogens is 218 g/mol. The molecule has 1 heterocycles. The number of nitrogens with zero attached hydrogens (tertiary/aromatic N) is 1. The van der Waals surface area contributed by atoms with Crippen LogP contribution in [0.3, 0.4) is 0 Å². The van der Waals surface area contributed by atoms with Crippen molar-refractivity contribution in [1.82, 2.24) is 4.98 Å². The summed E-state index contributed by atoms with van der Waals surface area (Å²) < 4.78 is 5.31. The van der Waals surface area contributed by atoms with Gasteiger partial charge in [-0.3, -0.25) is 9.59 Å². The molecule has 4 heteroatoms. The zero-order valence-electron chi connectivity index (χ0n) is 9.19. The lowest BCUT2D eigenvalue weighted by Gasteiger charge is -2.10. The molecule has 4 nitrogen and oxygen atoms in total. The predicted molar refractivity (Wildman–Crippen MR) is 60.0 cm³/mol. The molecule has 3 rings (SSSR count). The fraction of sp³-hybridized carbons (Fsp3) is 0.154. The summed E-state index contributed by atoms with van der Waals surface area (Å²) in [4.78, 5) is 27.9. The molecule has 0 aliphatic heterocycles. The number of aryl methyl sites for hydroxylation is 1. The zero-order chi connectivity index (χ0) is 12.0. The molecule has 0 spiro atoms. The monoisotopic (exact) mass is 227 g/mol. The zero-order valence-corrected chi connectivity index (χ0v) is 9.19. The van der Waals surface area contributed by atoms with E-state index in [0.717, 1.165) is 0 Å². The maximum absolute atomic E-state index is 11.8. The van der Waals surface area contributed by atoms with Crippen LogP contribution in [0.2, 0.25) is 0 Å². The molecule has 2 aromatic rings. The topological polar surface area (TPSA) is 60.2 Å². The molecule has 0 bridgehead atoms. The average molecular weight is 227 g/mol. The van der Waals surface area contributed by atoms with Crippen molar-refractivity contribution in [3.63, 3.8) is 0 Å². The number of oxazole rings is 1. The molecule has 17 heavy (non-hydrogen) atoms. The molecule has 0 atom stereocenters. The van der Waals surface area contributed by atoms with Crippen LogP contribution in [0.4, 0.5) is 0 Å². The number of carbonyl (C=O) groups is 2. The van der Waals surface area contributed by atoms with Crippen LogP contribution in [0.15, 0.2) is 28.7 Å². The Morgan fingerprint density at radius 3 is 2.53 bits per heavy atom. The van der Waals surface area contributed by atoms with Gasteiger partial charge in [0.1, 0.15) is 5.69 Å². The summed E-state index contributed by atoms with van der Waals surface area (Å²) in [6.07, 6.45) is 0.594. The van der Waals surface area contributed by atoms with E-state index in [4.69, 9.17) is 4.42 Å². The molecule has 0 saturated heterocycles. The maximum atomic E-state index is 11.8. The average Bonchev–Trinajstić information content (AvgIpc) is 2.80. The third-order valence-electron chi connectivity index (χ3n) is 2.81. The van der Waals surface area contributed by atoms with Gasteiger partial charge in [0.15, 0.2) is 5.89 Å². The van der Waals surface area contributed by atoms with Gasteiger partial charge in [0.05, 0.1) is 0 Å². The van der Waals surface area contributed by atoms with Crippen LogP contribution in [-0.4, -0.2) is 16.6 Å². The summed E-state index contributed by atoms with van der Waals surface area (Å²) in [6.45, 7) is 1.88. The molecule has 84 valence electrons. The summed E-state index contributed by atoms with van der Waals surface area (Å²) in [6, 6.07) is 6.96. The van der Waals surface area contributed by atoms with E-state index < -0.39 is 11.6 Å². The fourth-order valence-corrected chi connectivity index (χ4v) is 1.97. The Kier molecular flexibility index (Phi) is 1.98. The number of carbonyl (C=O) groups excluding carboxylic acids is 2. The van der Waals surface area contributed by atoms with Gasteiger partial charge in [-0.15, -0.1) is 0 Å². The van der Waals surface area contributed by atoms with Gasteiger partial charge in [-0.1, -0.05) is 31.2 Å². The van der Waals surface area contributed by atoms with Crippen LogP contribution in [0.25, 0.3) is 11.3 Å². The predicted octanol–water partition coefficient (Wildman–Crippen LogP) is 2.28. The van der Waals surface area contributed by atoms with Gasteiger partial charge in [0.2, 0.25) is 11.5 Å². The lowest BCUT2D eigenvalue weighted by molar-refractivity contribution is 0.0798. The fourth-order valence-electron chi connectivity index (χ4n) is 1.97. The van der Waals surface area contributed by atoms with Crippen molar-refractivity contribution in [2.75, 3.05) is 0 Å². The van der Waals surface area contributed by atoms with Gasteiger partial charge in [-0.2, -0.15) is 0 Å². The first-order valence-electron chi connectivity index (χ1n) is 5.40. The maximum Gasteiger partial charge on any atom is 0.271 e. The number of ketones is 2. The first-order chi connectivity index (χ1) is 8.22. The molecule has 1 aliphatic rings. The van der Waals surface area contributed by atoms with Crippen LogP contribution < -0.4 is 0 Å². The highest BCUT2D eigenvalue weighted by molar-refractivity contribution is 6.52. The number of rotatable bonds is 1. The van der Waals surface area contributed by atoms with E-state index >= 15 is 0 Å². The Labute approximate surface area is 97.3 Å². The molecule has 0 amide bonds. The summed E-state index contributed by atoms with van der Waals surface area (Å²) in [5.74, 6) is -0.573. The highest BCUT2D eigenvalue weighted by atomic mass is 16.4. The van der Waals surface area contributed by atoms with Crippen molar-refractivity contribution in [2.45, 2.75) is 13.3 Å². The quantitative estimate of drug-likeness (QED) is 0.701. The molecule has 1 aromatic carbocycles. The molecule has 0 unspecified atom stereocenters. The minimum absolute atomic E-state index is 0.0746. The van der Waals surface area contributed by atoms with Crippen LogP contribution in [0.5, 0.6) is 0 Å². The van der Waals surface area contributed by atoms with E-state index in [1.165, 1.54) is 0 Å². The summed E-state index contributed by atoms with van der Waals surface area (Å²) in [5.41, 5.74) is 1.57. The normalized spacial score (nSPS) is 13.5. The molecule has 1 aliphatic carbocycles. The standard InChI is InChI=1S/C13H9NO3/c1-2-9-14-10-7-5-3-4-6-8(7)11(15)12(16)13(10)17-9/h3-6H,2H2,1H3. The highest BCUT2D eigenvalue weighted by Crippen LogP contribution is 2.33. The Balaban J connectivity index is 2.34. The molecule has 0 fully saturated rings. The van der Waals surface area contributed by atoms with Crippen molar-refractivity contribution >= 4 is 11.6 Å². The third-order valence-corrected chi connectivity index (χ3v) is 2.81. The number of aromatic nitrogens is 1.